The van der Waals surface area contributed by atoms with E-state index in [1.54, 1.807) is 0 Å². The summed E-state index contributed by atoms with van der Waals surface area (Å²) in [5.74, 6) is -1.51. The Kier molecular flexibility index (Phi) is 3.12. The molecule has 2 nitrogen and oxygen atoms in total. The molecular formula is C8H6Cl2FNO. The molecule has 1 rings (SSSR count). The van der Waals surface area contributed by atoms with Crippen molar-refractivity contribution >= 4 is 29.1 Å². The van der Waals surface area contributed by atoms with Crippen LogP contribution in [0.15, 0.2) is 18.2 Å². The lowest BCUT2D eigenvalue weighted by Gasteiger charge is -2.07. The van der Waals surface area contributed by atoms with Gasteiger partial charge in [-0.2, -0.15) is 0 Å². The molecular weight excluding hydrogens is 216 g/mol. The monoisotopic (exact) mass is 221 g/mol. The van der Waals surface area contributed by atoms with Crippen LogP contribution in [0.4, 0.5) is 4.39 Å². The predicted molar refractivity (Wildman–Crippen MR) is 49.2 cm³/mol. The first-order valence-electron chi connectivity index (χ1n) is 3.41. The second-order valence-corrected chi connectivity index (χ2v) is 3.25. The van der Waals surface area contributed by atoms with Gasteiger partial charge in [-0.25, -0.2) is 4.39 Å². The van der Waals surface area contributed by atoms with E-state index in [2.05, 4.69) is 0 Å². The number of primary amides is 1. The summed E-state index contributed by atoms with van der Waals surface area (Å²) in [5, 5.41) is -1.26. The van der Waals surface area contributed by atoms with Crippen molar-refractivity contribution in [3.63, 3.8) is 0 Å². The highest BCUT2D eigenvalue weighted by molar-refractivity contribution is 6.32. The first kappa shape index (κ1) is 10.3. The topological polar surface area (TPSA) is 43.1 Å². The lowest BCUT2D eigenvalue weighted by atomic mass is 10.1. The minimum atomic E-state index is -1.18. The quantitative estimate of drug-likeness (QED) is 0.766. The highest BCUT2D eigenvalue weighted by Gasteiger charge is 2.19. The van der Waals surface area contributed by atoms with Gasteiger partial charge in [0, 0.05) is 5.56 Å². The van der Waals surface area contributed by atoms with E-state index in [0.29, 0.717) is 0 Å². The summed E-state index contributed by atoms with van der Waals surface area (Å²) in [4.78, 5) is 10.6. The third kappa shape index (κ3) is 2.11. The summed E-state index contributed by atoms with van der Waals surface area (Å²) < 4.78 is 13.2. The van der Waals surface area contributed by atoms with Gasteiger partial charge in [-0.3, -0.25) is 4.79 Å². The summed E-state index contributed by atoms with van der Waals surface area (Å²) in [6, 6.07) is 4.23. The number of hydrogen-bond acceptors (Lipinski definition) is 1. The van der Waals surface area contributed by atoms with E-state index in [1.165, 1.54) is 18.2 Å². The highest BCUT2D eigenvalue weighted by atomic mass is 35.5. The molecule has 1 aromatic rings. The first-order valence-corrected chi connectivity index (χ1v) is 4.22. The maximum absolute atomic E-state index is 13.2. The van der Waals surface area contributed by atoms with Crippen molar-refractivity contribution in [2.45, 2.75) is 5.38 Å². The molecule has 0 bridgehead atoms. The lowest BCUT2D eigenvalue weighted by molar-refractivity contribution is -0.117. The summed E-state index contributed by atoms with van der Waals surface area (Å²) >= 11 is 11.0. The van der Waals surface area contributed by atoms with Crippen LogP contribution >= 0.6 is 23.2 Å². The van der Waals surface area contributed by atoms with Crippen molar-refractivity contribution < 1.29 is 9.18 Å². The minimum absolute atomic E-state index is 0.00154. The zero-order valence-corrected chi connectivity index (χ0v) is 7.94. The molecule has 0 aliphatic heterocycles. The predicted octanol–water partition coefficient (Wildman–Crippen LogP) is 2.24. The fourth-order valence-corrected chi connectivity index (χ4v) is 1.22. The molecule has 0 aromatic heterocycles. The highest BCUT2D eigenvalue weighted by Crippen LogP contribution is 2.26. The molecule has 0 aliphatic rings. The number of hydrogen-bond donors (Lipinski definition) is 1. The lowest BCUT2D eigenvalue weighted by Crippen LogP contribution is -2.18. The zero-order chi connectivity index (χ0) is 10.0. The van der Waals surface area contributed by atoms with Gasteiger partial charge >= 0.3 is 0 Å². The Balaban J connectivity index is 3.15. The fourth-order valence-electron chi connectivity index (χ4n) is 0.869. The van der Waals surface area contributed by atoms with Crippen molar-refractivity contribution in [1.29, 1.82) is 0 Å². The number of amides is 1. The molecule has 1 unspecified atom stereocenters. The van der Waals surface area contributed by atoms with Crippen molar-refractivity contribution in [3.05, 3.63) is 34.6 Å². The molecule has 5 heteroatoms. The number of benzene rings is 1. The average Bonchev–Trinajstić information content (AvgIpc) is 2.08. The van der Waals surface area contributed by atoms with E-state index in [1.807, 2.05) is 0 Å². The van der Waals surface area contributed by atoms with Gasteiger partial charge in [0.2, 0.25) is 5.91 Å². The molecule has 1 aromatic carbocycles. The standard InChI is InChI=1S/C8H6Cl2FNO/c9-5-3-1-2-4(7(5)11)6(10)8(12)13/h1-3,6H,(H2,12,13). The minimum Gasteiger partial charge on any atom is -0.368 e. The Bertz CT molecular complexity index is 343. The Labute approximate surface area is 84.4 Å². The molecule has 0 aliphatic carbocycles. The molecule has 1 amide bonds. The van der Waals surface area contributed by atoms with E-state index in [-0.39, 0.29) is 10.6 Å². The van der Waals surface area contributed by atoms with Crippen molar-refractivity contribution in [2.24, 2.45) is 5.73 Å². The van der Waals surface area contributed by atoms with Gasteiger partial charge in [-0.05, 0) is 6.07 Å². The third-order valence-corrected chi connectivity index (χ3v) is 2.25. The molecule has 2 N–H and O–H groups in total. The number of carbonyl (C=O) groups is 1. The van der Waals surface area contributed by atoms with E-state index < -0.39 is 17.1 Å². The van der Waals surface area contributed by atoms with Gasteiger partial charge < -0.3 is 5.73 Å². The van der Waals surface area contributed by atoms with E-state index in [0.717, 1.165) is 0 Å². The number of carbonyl (C=O) groups excluding carboxylic acids is 1. The summed E-state index contributed by atoms with van der Waals surface area (Å²) in [6.45, 7) is 0. The molecule has 0 saturated carbocycles. The number of halogens is 3. The molecule has 13 heavy (non-hydrogen) atoms. The number of alkyl halides is 1. The molecule has 0 fully saturated rings. The molecule has 0 spiro atoms. The molecule has 1 atom stereocenters. The smallest absolute Gasteiger partial charge is 0.240 e. The molecule has 0 radical (unpaired) electrons. The van der Waals surface area contributed by atoms with Gasteiger partial charge in [-0.1, -0.05) is 23.7 Å². The Morgan fingerprint density at radius 3 is 2.69 bits per heavy atom. The van der Waals surface area contributed by atoms with Crippen LogP contribution in [0.25, 0.3) is 0 Å². The molecule has 0 saturated heterocycles. The van der Waals surface area contributed by atoms with Crippen LogP contribution < -0.4 is 5.73 Å². The average molecular weight is 222 g/mol. The second-order valence-electron chi connectivity index (χ2n) is 2.41. The number of rotatable bonds is 2. The summed E-state index contributed by atoms with van der Waals surface area (Å²) in [5.41, 5.74) is 4.91. The SMILES string of the molecule is NC(=O)C(Cl)c1cccc(Cl)c1F. The second kappa shape index (κ2) is 3.94. The van der Waals surface area contributed by atoms with Crippen LogP contribution in [0.2, 0.25) is 5.02 Å². The van der Waals surface area contributed by atoms with Gasteiger partial charge in [0.1, 0.15) is 11.2 Å². The van der Waals surface area contributed by atoms with E-state index in [9.17, 15) is 9.18 Å². The van der Waals surface area contributed by atoms with Crippen LogP contribution in [0.5, 0.6) is 0 Å². The van der Waals surface area contributed by atoms with Crippen LogP contribution in [0, 0.1) is 5.82 Å². The summed E-state index contributed by atoms with van der Waals surface area (Å²) in [7, 11) is 0. The summed E-state index contributed by atoms with van der Waals surface area (Å²) in [6.07, 6.45) is 0. The Morgan fingerprint density at radius 2 is 2.15 bits per heavy atom. The largest absolute Gasteiger partial charge is 0.368 e. The van der Waals surface area contributed by atoms with Crippen molar-refractivity contribution in [3.8, 4) is 0 Å². The van der Waals surface area contributed by atoms with Crippen LogP contribution in [-0.2, 0) is 4.79 Å². The first-order chi connectivity index (χ1) is 6.04. The Hall–Kier alpha value is -0.800. The van der Waals surface area contributed by atoms with Crippen LogP contribution in [-0.4, -0.2) is 5.91 Å². The molecule has 70 valence electrons. The third-order valence-electron chi connectivity index (χ3n) is 1.50. The van der Waals surface area contributed by atoms with Crippen LogP contribution in [0.1, 0.15) is 10.9 Å². The number of nitrogens with two attached hydrogens (primary N) is 1. The fraction of sp³-hybridized carbons (Fsp3) is 0.125. The molecule has 0 heterocycles. The maximum Gasteiger partial charge on any atom is 0.240 e. The van der Waals surface area contributed by atoms with Gasteiger partial charge in [0.25, 0.3) is 0 Å². The van der Waals surface area contributed by atoms with Crippen molar-refractivity contribution in [1.82, 2.24) is 0 Å². The van der Waals surface area contributed by atoms with Gasteiger partial charge in [0.15, 0.2) is 0 Å². The van der Waals surface area contributed by atoms with Crippen LogP contribution in [0.3, 0.4) is 0 Å². The zero-order valence-electron chi connectivity index (χ0n) is 6.43. The maximum atomic E-state index is 13.2. The van der Waals surface area contributed by atoms with Crippen molar-refractivity contribution in [2.75, 3.05) is 0 Å². The van der Waals surface area contributed by atoms with E-state index >= 15 is 0 Å². The Morgan fingerprint density at radius 1 is 1.54 bits per heavy atom. The van der Waals surface area contributed by atoms with E-state index in [4.69, 9.17) is 28.9 Å². The van der Waals surface area contributed by atoms with Gasteiger partial charge in [0.05, 0.1) is 5.02 Å². The van der Waals surface area contributed by atoms with Gasteiger partial charge in [-0.15, -0.1) is 11.6 Å². The normalized spacial score (nSPS) is 12.5.